The number of ether oxygens (including phenoxy) is 2. The fourth-order valence-electron chi connectivity index (χ4n) is 1.68. The lowest BCUT2D eigenvalue weighted by atomic mass is 10.1. The molecule has 0 radical (unpaired) electrons. The molecule has 0 aliphatic carbocycles. The van der Waals surface area contributed by atoms with Crippen LogP contribution in [0.3, 0.4) is 0 Å². The maximum Gasteiger partial charge on any atom is 0.407 e. The van der Waals surface area contributed by atoms with Crippen molar-refractivity contribution in [3.63, 3.8) is 0 Å². The summed E-state index contributed by atoms with van der Waals surface area (Å²) in [6.07, 6.45) is 0.998. The monoisotopic (exact) mass is 310 g/mol. The quantitative estimate of drug-likeness (QED) is 0.821. The third-order valence-electron chi connectivity index (χ3n) is 2.56. The fourth-order valence-corrected chi connectivity index (χ4v) is 1.68. The number of pyridine rings is 1. The van der Waals surface area contributed by atoms with E-state index in [9.17, 15) is 14.7 Å². The molecule has 8 heteroatoms. The first-order chi connectivity index (χ1) is 10.2. The van der Waals surface area contributed by atoms with Gasteiger partial charge in [-0.25, -0.2) is 4.79 Å². The first-order valence-corrected chi connectivity index (χ1v) is 6.64. The number of hydrogen-bond acceptors (Lipinski definition) is 6. The van der Waals surface area contributed by atoms with Gasteiger partial charge in [-0.3, -0.25) is 4.98 Å². The molecule has 22 heavy (non-hydrogen) atoms. The highest BCUT2D eigenvalue weighted by molar-refractivity contribution is 5.68. The third kappa shape index (κ3) is 5.86. The van der Waals surface area contributed by atoms with Crippen LogP contribution in [0.2, 0.25) is 0 Å². The van der Waals surface area contributed by atoms with Gasteiger partial charge in [0.15, 0.2) is 0 Å². The van der Waals surface area contributed by atoms with Gasteiger partial charge in [0, 0.05) is 18.3 Å². The predicted molar refractivity (Wildman–Crippen MR) is 76.1 cm³/mol. The highest BCUT2D eigenvalue weighted by atomic mass is 16.6. The van der Waals surface area contributed by atoms with Crippen LogP contribution >= 0.6 is 0 Å². The second-order valence-electron chi connectivity index (χ2n) is 5.48. The Hall–Kier alpha value is -2.51. The topological polar surface area (TPSA) is 113 Å². The summed E-state index contributed by atoms with van der Waals surface area (Å²) >= 11 is 0. The molecule has 0 aliphatic rings. The molecule has 0 spiro atoms. The number of carbonyl (C=O) groups excluding carboxylic acids is 2. The number of amides is 2. The molecule has 0 fully saturated rings. The van der Waals surface area contributed by atoms with Crippen molar-refractivity contribution in [3.05, 3.63) is 23.5 Å². The van der Waals surface area contributed by atoms with Gasteiger partial charge >= 0.3 is 6.09 Å². The Labute approximate surface area is 128 Å². The minimum Gasteiger partial charge on any atom is -0.530 e. The molecule has 0 bridgehead atoms. The molecule has 1 aromatic heterocycles. The first kappa shape index (κ1) is 17.5. The number of rotatable bonds is 5. The number of hydrogen-bond donors (Lipinski definition) is 2. The van der Waals surface area contributed by atoms with Crippen molar-refractivity contribution < 1.29 is 24.2 Å². The molecule has 1 rings (SSSR count). The molecule has 0 atom stereocenters. The molecule has 2 amide bonds. The van der Waals surface area contributed by atoms with Crippen LogP contribution in [0.15, 0.2) is 12.4 Å². The minimum absolute atomic E-state index is 0.00212. The summed E-state index contributed by atoms with van der Waals surface area (Å²) < 4.78 is 10.3. The Kier molecular flexibility index (Phi) is 5.97. The molecule has 0 aromatic carbocycles. The lowest BCUT2D eigenvalue weighted by Gasteiger charge is -2.20. The van der Waals surface area contributed by atoms with E-state index in [1.54, 1.807) is 20.8 Å². The standard InChI is InChI=1S/C14H21N3O5/c1-14(2,3)22-13(20)17-7-10-9(6-16-12(18)19)5-15-8-11(10)21-4/h5,8,16H,6-7H2,1-4H3,(H,17,20)(H,18,19)/p-1. The Morgan fingerprint density at radius 1 is 1.23 bits per heavy atom. The van der Waals surface area contributed by atoms with Crippen LogP contribution in [-0.2, 0) is 17.8 Å². The molecular formula is C14H20N3O5-. The molecule has 0 saturated carbocycles. The van der Waals surface area contributed by atoms with Crippen LogP contribution in [0.1, 0.15) is 31.9 Å². The van der Waals surface area contributed by atoms with Crippen molar-refractivity contribution in [2.24, 2.45) is 0 Å². The van der Waals surface area contributed by atoms with E-state index in [-0.39, 0.29) is 13.1 Å². The number of carboxylic acid groups (broad SMARTS) is 1. The Morgan fingerprint density at radius 2 is 1.91 bits per heavy atom. The Balaban J connectivity index is 2.82. The van der Waals surface area contributed by atoms with Gasteiger partial charge < -0.3 is 30.0 Å². The molecule has 2 N–H and O–H groups in total. The molecule has 1 aromatic rings. The summed E-state index contributed by atoms with van der Waals surface area (Å²) in [6.45, 7) is 5.39. The van der Waals surface area contributed by atoms with Gasteiger partial charge in [0.25, 0.3) is 0 Å². The van der Waals surface area contributed by atoms with Gasteiger partial charge in [0.05, 0.1) is 19.9 Å². The summed E-state index contributed by atoms with van der Waals surface area (Å²) in [5.74, 6) is 0.439. The molecule has 0 aliphatic heterocycles. The molecule has 0 saturated heterocycles. The summed E-state index contributed by atoms with van der Waals surface area (Å²) in [7, 11) is 1.46. The van der Waals surface area contributed by atoms with E-state index in [0.29, 0.717) is 16.9 Å². The lowest BCUT2D eigenvalue weighted by Crippen LogP contribution is -2.36. The zero-order valence-electron chi connectivity index (χ0n) is 13.1. The molecule has 0 unspecified atom stereocenters. The number of alkyl carbamates (subject to hydrolysis) is 1. The Morgan fingerprint density at radius 3 is 2.45 bits per heavy atom. The van der Waals surface area contributed by atoms with Crippen molar-refractivity contribution in [1.82, 2.24) is 15.6 Å². The van der Waals surface area contributed by atoms with E-state index in [2.05, 4.69) is 15.6 Å². The molecule has 1 heterocycles. The van der Waals surface area contributed by atoms with Gasteiger partial charge in [-0.05, 0) is 26.3 Å². The minimum atomic E-state index is -1.39. The predicted octanol–water partition coefficient (Wildman–Crippen LogP) is 0.548. The summed E-state index contributed by atoms with van der Waals surface area (Å²) in [5, 5.41) is 15.2. The van der Waals surface area contributed by atoms with Crippen molar-refractivity contribution in [3.8, 4) is 5.75 Å². The van der Waals surface area contributed by atoms with Crippen LogP contribution in [-0.4, -0.2) is 29.9 Å². The van der Waals surface area contributed by atoms with Crippen LogP contribution in [0, 0.1) is 0 Å². The van der Waals surface area contributed by atoms with E-state index in [0.717, 1.165) is 0 Å². The van der Waals surface area contributed by atoms with Crippen LogP contribution in [0.25, 0.3) is 0 Å². The summed E-state index contributed by atoms with van der Waals surface area (Å²) in [6, 6.07) is 0. The van der Waals surface area contributed by atoms with Crippen molar-refractivity contribution in [2.75, 3.05) is 7.11 Å². The van der Waals surface area contributed by atoms with E-state index < -0.39 is 17.8 Å². The number of carbonyl (C=O) groups is 2. The molecule has 122 valence electrons. The zero-order chi connectivity index (χ0) is 16.8. The fraction of sp³-hybridized carbons (Fsp3) is 0.500. The normalized spacial score (nSPS) is 10.7. The van der Waals surface area contributed by atoms with Crippen LogP contribution in [0.4, 0.5) is 9.59 Å². The molecule has 8 nitrogen and oxygen atoms in total. The number of nitrogens with zero attached hydrogens (tertiary/aromatic N) is 1. The third-order valence-corrected chi connectivity index (χ3v) is 2.56. The zero-order valence-corrected chi connectivity index (χ0v) is 13.1. The number of methoxy groups -OCH3 is 1. The van der Waals surface area contributed by atoms with E-state index in [4.69, 9.17) is 9.47 Å². The van der Waals surface area contributed by atoms with Gasteiger partial charge in [-0.15, -0.1) is 0 Å². The second-order valence-corrected chi connectivity index (χ2v) is 5.48. The number of nitrogens with one attached hydrogen (secondary N) is 2. The maximum atomic E-state index is 11.7. The van der Waals surface area contributed by atoms with Crippen molar-refractivity contribution in [2.45, 2.75) is 39.5 Å². The highest BCUT2D eigenvalue weighted by Gasteiger charge is 2.17. The van der Waals surface area contributed by atoms with E-state index >= 15 is 0 Å². The summed E-state index contributed by atoms with van der Waals surface area (Å²) in [5.41, 5.74) is 0.572. The van der Waals surface area contributed by atoms with Gasteiger partial charge in [-0.2, -0.15) is 0 Å². The largest absolute Gasteiger partial charge is 0.530 e. The SMILES string of the molecule is COc1cncc(CNC(=O)[O-])c1CNC(=O)OC(C)(C)C. The van der Waals surface area contributed by atoms with E-state index in [1.165, 1.54) is 19.5 Å². The second kappa shape index (κ2) is 7.48. The van der Waals surface area contributed by atoms with Gasteiger partial charge in [0.1, 0.15) is 17.4 Å². The number of aromatic nitrogens is 1. The van der Waals surface area contributed by atoms with Crippen LogP contribution < -0.4 is 20.5 Å². The van der Waals surface area contributed by atoms with Gasteiger partial charge in [-0.1, -0.05) is 0 Å². The van der Waals surface area contributed by atoms with Crippen molar-refractivity contribution >= 4 is 12.2 Å². The Bertz CT molecular complexity index is 540. The summed E-state index contributed by atoms with van der Waals surface area (Å²) in [4.78, 5) is 26.2. The maximum absolute atomic E-state index is 11.7. The smallest absolute Gasteiger partial charge is 0.407 e. The molecular weight excluding hydrogens is 290 g/mol. The van der Waals surface area contributed by atoms with Crippen molar-refractivity contribution in [1.29, 1.82) is 0 Å². The van der Waals surface area contributed by atoms with Gasteiger partial charge in [0.2, 0.25) is 0 Å². The average molecular weight is 310 g/mol. The first-order valence-electron chi connectivity index (χ1n) is 6.64. The highest BCUT2D eigenvalue weighted by Crippen LogP contribution is 2.21. The lowest BCUT2D eigenvalue weighted by molar-refractivity contribution is -0.251. The van der Waals surface area contributed by atoms with Crippen LogP contribution in [0.5, 0.6) is 5.75 Å². The average Bonchev–Trinajstić information content (AvgIpc) is 2.40. The van der Waals surface area contributed by atoms with E-state index in [1.807, 2.05) is 0 Å².